The minimum absolute atomic E-state index is 0.0347. The van der Waals surface area contributed by atoms with E-state index in [9.17, 15) is 29.1 Å². The Kier molecular flexibility index (Phi) is 44.7. The maximum Gasteiger partial charge on any atom is 0.251 e. The number of carbonyl (C=O) groups is 13. The number of hydrogen-bond donors (Lipinski definition) is 7. The molecule has 0 aromatic heterocycles. The van der Waals surface area contributed by atoms with Crippen LogP contribution >= 0.6 is 7.26 Å². The molecule has 4 aromatic carbocycles. The molecule has 4 aromatic rings. The number of likely N-dealkylation sites (N-methyl/N-ethyl adjacent to an activating group) is 7. The van der Waals surface area contributed by atoms with Crippen molar-refractivity contribution in [3.8, 4) is 0 Å². The third kappa shape index (κ3) is 30.6. The zero-order valence-corrected chi connectivity index (χ0v) is 82.0. The lowest BCUT2D eigenvalue weighted by atomic mass is 9.91. The van der Waals surface area contributed by atoms with Gasteiger partial charge in [-0.1, -0.05) is 189 Å². The van der Waals surface area contributed by atoms with Crippen molar-refractivity contribution in [2.75, 3.05) is 68.6 Å². The van der Waals surface area contributed by atoms with Crippen LogP contribution in [0.4, 0.5) is 0 Å². The summed E-state index contributed by atoms with van der Waals surface area (Å²) in [6, 6.07) is 24.4. The number of unbranched alkanes of at least 4 members (excludes halogenated alkanes) is 5. The Hall–Kier alpha value is -9.88. The first-order chi connectivity index (χ1) is 60.4. The van der Waals surface area contributed by atoms with Crippen LogP contribution in [-0.4, -0.2) is 257 Å². The number of amides is 13. The summed E-state index contributed by atoms with van der Waals surface area (Å²) in [5.74, 6) is -11.0. The molecule has 0 aliphatic carbocycles. The third-order valence-electron chi connectivity index (χ3n) is 24.7. The average Bonchev–Trinajstić information content (AvgIpc) is 0.765. The van der Waals surface area contributed by atoms with Crippen molar-refractivity contribution in [1.82, 2.24) is 66.2 Å². The van der Waals surface area contributed by atoms with Gasteiger partial charge in [0.25, 0.3) is 5.91 Å². The van der Waals surface area contributed by atoms with E-state index >= 15 is 38.4 Å². The van der Waals surface area contributed by atoms with Crippen LogP contribution in [0.2, 0.25) is 0 Å². The van der Waals surface area contributed by atoms with E-state index in [2.05, 4.69) is 123 Å². The Balaban J connectivity index is 1.48. The topological polar surface area (TPSA) is 337 Å². The van der Waals surface area contributed by atoms with Crippen LogP contribution in [0.3, 0.4) is 0 Å². The number of hydrogen-bond acceptors (Lipinski definition) is 14. The fourth-order valence-electron chi connectivity index (χ4n) is 17.0. The number of carbonyl (C=O) groups excluding carboxylic acids is 13. The maximum absolute atomic E-state index is 15.9. The molecular formula is C100H155N13O14P+. The van der Waals surface area contributed by atoms with Crippen molar-refractivity contribution in [3.05, 3.63) is 139 Å². The summed E-state index contributed by atoms with van der Waals surface area (Å²) in [4.78, 5) is 203. The smallest absolute Gasteiger partial charge is 0.251 e. The normalized spacial score (nSPS) is 22.4. The summed E-state index contributed by atoms with van der Waals surface area (Å²) in [6.07, 6.45) is 9.65. The second-order valence-electron chi connectivity index (χ2n) is 37.6. The van der Waals surface area contributed by atoms with Gasteiger partial charge in [0.05, 0.1) is 12.3 Å². The second kappa shape index (κ2) is 52.7. The molecule has 5 rings (SSSR count). The van der Waals surface area contributed by atoms with Crippen LogP contribution in [0.15, 0.2) is 127 Å². The van der Waals surface area contributed by atoms with Crippen LogP contribution in [0.25, 0.3) is 0 Å². The molecule has 0 spiro atoms. The largest absolute Gasteiger partial charge is 0.390 e. The molecule has 0 radical (unpaired) electrons. The Morgan fingerprint density at radius 1 is 0.422 bits per heavy atom. The molecule has 1 fully saturated rings. The van der Waals surface area contributed by atoms with Gasteiger partial charge in [-0.3, -0.25) is 62.3 Å². The van der Waals surface area contributed by atoms with Gasteiger partial charge in [0.2, 0.25) is 70.9 Å². The van der Waals surface area contributed by atoms with Crippen LogP contribution < -0.4 is 47.8 Å². The molecule has 0 saturated carbocycles. The van der Waals surface area contributed by atoms with Gasteiger partial charge in [0, 0.05) is 80.8 Å². The van der Waals surface area contributed by atoms with Crippen LogP contribution in [-0.2, 0) is 64.0 Å². The zero-order chi connectivity index (χ0) is 95.7. The number of aliphatic hydroxyl groups excluding tert-OH is 1. The molecule has 1 aliphatic rings. The van der Waals surface area contributed by atoms with E-state index in [0.29, 0.717) is 37.1 Å². The van der Waals surface area contributed by atoms with E-state index in [1.54, 1.807) is 84.9 Å². The van der Waals surface area contributed by atoms with Crippen molar-refractivity contribution >= 4 is 100.0 Å². The highest BCUT2D eigenvalue weighted by atomic mass is 31.2. The molecule has 128 heavy (non-hydrogen) atoms. The van der Waals surface area contributed by atoms with E-state index in [0.717, 1.165) is 49.6 Å². The Labute approximate surface area is 764 Å². The summed E-state index contributed by atoms with van der Waals surface area (Å²) in [5.41, 5.74) is 0.822. The minimum Gasteiger partial charge on any atom is -0.390 e. The molecule has 7 N–H and O–H groups in total. The number of aliphatic hydroxyl groups is 1. The zero-order valence-electron chi connectivity index (χ0n) is 81.2. The van der Waals surface area contributed by atoms with E-state index in [1.165, 1.54) is 108 Å². The van der Waals surface area contributed by atoms with Gasteiger partial charge in [0.1, 0.15) is 89.6 Å². The van der Waals surface area contributed by atoms with Gasteiger partial charge >= 0.3 is 0 Å². The second-order valence-corrected chi connectivity index (χ2v) is 41.2. The summed E-state index contributed by atoms with van der Waals surface area (Å²) in [6.45, 7) is 30.8. The van der Waals surface area contributed by atoms with E-state index < -0.39 is 163 Å². The van der Waals surface area contributed by atoms with Crippen LogP contribution in [0, 0.1) is 41.4 Å². The quantitative estimate of drug-likeness (QED) is 0.0130. The van der Waals surface area contributed by atoms with Gasteiger partial charge in [-0.05, 0) is 187 Å². The Morgan fingerprint density at radius 3 is 1.30 bits per heavy atom. The summed E-state index contributed by atoms with van der Waals surface area (Å²) in [7, 11) is 7.99. The molecule has 13 atom stereocenters. The molecule has 27 nitrogen and oxygen atoms in total. The summed E-state index contributed by atoms with van der Waals surface area (Å²) < 4.78 is 0. The maximum atomic E-state index is 15.9. The number of nitrogens with zero attached hydrogens (tertiary/aromatic N) is 7. The fraction of sp³-hybridized carbons (Fsp3) is 0.610. The first-order valence-corrected chi connectivity index (χ1v) is 48.4. The molecule has 1 aliphatic heterocycles. The SMILES string of the molecule is C/C=C/C[C@@H](C)[C@@H](O)[C@H]1C(=O)N[C@@H](CC)C(=O)N(C)C(Cc2ccc(C(=O)NCCCCCCNC(=O)CCCCC[P+](c3ccccc3)(c3ccccc3)c3ccccc3)cc2)C(=O)N(C)[C@@H](CC(C)C)C(=O)N[C@@H](C(C)C)C(=O)N(C)[C@@H](CC(C)C)C(=O)N[C@@H](C)C(=O)N[C@H](C)C(=O)N(C)[C@@H](CC(C)C)C(=O)N(C)[C@@H](CC(C)C)C(=O)N(C)[C@@H](C(C)C)C(=O)N1C. The minimum atomic E-state index is -1.95. The molecule has 13 amide bonds. The summed E-state index contributed by atoms with van der Waals surface area (Å²) >= 11 is 0. The van der Waals surface area contributed by atoms with Crippen molar-refractivity contribution in [1.29, 1.82) is 0 Å². The van der Waals surface area contributed by atoms with Crippen molar-refractivity contribution in [3.63, 3.8) is 0 Å². The van der Waals surface area contributed by atoms with Crippen molar-refractivity contribution in [2.24, 2.45) is 41.4 Å². The van der Waals surface area contributed by atoms with Gasteiger partial charge in [-0.25, -0.2) is 0 Å². The highest BCUT2D eigenvalue weighted by molar-refractivity contribution is 7.95. The summed E-state index contributed by atoms with van der Waals surface area (Å²) in [5, 5.41) is 33.9. The first kappa shape index (κ1) is 109. The van der Waals surface area contributed by atoms with Crippen molar-refractivity contribution in [2.45, 2.75) is 287 Å². The number of nitrogens with one attached hydrogen (secondary N) is 6. The monoisotopic (exact) mass is 1790 g/mol. The predicted molar refractivity (Wildman–Crippen MR) is 510 cm³/mol. The standard InChI is InChI=1S/C100H154N13O14P/c1-25-27-44-70(15)88(115)87-93(120)105-78(26-2)95(122)110(21)83(63-73-52-54-74(55-53-73)90(117)102-57-42-29-28-41-56-101-84(114)51-40-33-43-58-128(75-45-34-30-35-46-75,76-47-36-31-37-48-76)77-49-38-32-39-50-77)97(124)107(18)80(60-65(5)6)92(119)106-85(68(11)12)99(126)108(19)79(59-64(3)4)91(118)103-71(16)89(116)104-72(17)94(121)109(20)81(61-66(7)8)96(123)111(22)82(62-67(9)10)98(125)112(23)86(69(13)14)100(127)113(87)24/h25,27,30-32,34-39,45-50,52-55,64-72,78-83,85-88,115H,26,28-29,33,40-44,51,56-63H2,1-24H3,(H5-,101,102,103,104,105,106,114,116,117,118,119,120)/p+1/b27-25+/t70-,71+,72-,78+,79+,80+,81+,82+,83?,85+,86+,87+,88-/m1/s1. The van der Waals surface area contributed by atoms with Gasteiger partial charge < -0.3 is 71.3 Å². The first-order valence-electron chi connectivity index (χ1n) is 46.5. The number of benzene rings is 4. The highest BCUT2D eigenvalue weighted by Gasteiger charge is 2.48. The average molecular weight is 1790 g/mol. The third-order valence-corrected chi connectivity index (χ3v) is 29.3. The molecular weight excluding hydrogens is 1640 g/mol. The highest BCUT2D eigenvalue weighted by Crippen LogP contribution is 2.56. The van der Waals surface area contributed by atoms with E-state index in [-0.39, 0.29) is 80.4 Å². The fourth-order valence-corrected chi connectivity index (χ4v) is 21.4. The number of allylic oxidation sites excluding steroid dienone is 2. The van der Waals surface area contributed by atoms with Crippen LogP contribution in [0.5, 0.6) is 0 Å². The molecule has 28 heteroatoms. The molecule has 708 valence electrons. The van der Waals surface area contributed by atoms with E-state index in [1.807, 2.05) is 55.4 Å². The molecule has 1 saturated heterocycles. The number of rotatable bonds is 34. The molecule has 0 bridgehead atoms. The molecule has 1 heterocycles. The van der Waals surface area contributed by atoms with Crippen LogP contribution in [0.1, 0.15) is 224 Å². The van der Waals surface area contributed by atoms with E-state index in [4.69, 9.17) is 0 Å². The lowest BCUT2D eigenvalue weighted by Crippen LogP contribution is -2.64. The van der Waals surface area contributed by atoms with Crippen molar-refractivity contribution < 1.29 is 67.4 Å². The lowest BCUT2D eigenvalue weighted by Gasteiger charge is -2.41. The van der Waals surface area contributed by atoms with Gasteiger partial charge in [0.15, 0.2) is 0 Å². The molecule has 1 unspecified atom stereocenters. The lowest BCUT2D eigenvalue weighted by molar-refractivity contribution is -0.157. The Morgan fingerprint density at radius 2 is 0.836 bits per heavy atom. The van der Waals surface area contributed by atoms with Gasteiger partial charge in [-0.2, -0.15) is 0 Å². The Bertz CT molecular complexity index is 4190. The van der Waals surface area contributed by atoms with Gasteiger partial charge in [-0.15, -0.1) is 0 Å². The predicted octanol–water partition coefficient (Wildman–Crippen LogP) is 9.84.